The van der Waals surface area contributed by atoms with Crippen LogP contribution in [0.5, 0.6) is 11.5 Å². The number of aromatic nitrogens is 5. The third-order valence-electron chi connectivity index (χ3n) is 5.03. The lowest BCUT2D eigenvalue weighted by Crippen LogP contribution is -2.21. The first-order valence-electron chi connectivity index (χ1n) is 9.96. The topological polar surface area (TPSA) is 199 Å². The average molecular weight is 477 g/mol. The molecule has 1 aliphatic rings. The SMILES string of the molecule is CC(=NNC(=O)c1nnn(-c2nonc2N)c1-c1cccc([N+](=O)[O-])c1)c1ccc2c(c1)OCO2. The molecule has 0 atom stereocenters. The molecule has 3 heterocycles. The van der Waals surface area contributed by atoms with Gasteiger partial charge in [-0.3, -0.25) is 14.9 Å². The molecule has 0 aliphatic carbocycles. The van der Waals surface area contributed by atoms with Gasteiger partial charge < -0.3 is 15.2 Å². The fraction of sp³-hybridized carbons (Fsp3) is 0.100. The second kappa shape index (κ2) is 8.54. The molecule has 15 nitrogen and oxygen atoms in total. The van der Waals surface area contributed by atoms with Gasteiger partial charge in [0.2, 0.25) is 18.4 Å². The Labute approximate surface area is 195 Å². The third kappa shape index (κ3) is 3.97. The molecule has 35 heavy (non-hydrogen) atoms. The van der Waals surface area contributed by atoms with E-state index in [4.69, 9.17) is 15.2 Å². The number of nitro groups is 1. The predicted molar refractivity (Wildman–Crippen MR) is 118 cm³/mol. The molecule has 15 heteroatoms. The van der Waals surface area contributed by atoms with Gasteiger partial charge in [0.1, 0.15) is 5.69 Å². The van der Waals surface area contributed by atoms with Crippen LogP contribution in [0.1, 0.15) is 23.0 Å². The van der Waals surface area contributed by atoms with Crippen molar-refractivity contribution in [3.8, 4) is 28.6 Å². The number of amides is 1. The van der Waals surface area contributed by atoms with Crippen molar-refractivity contribution >= 4 is 23.1 Å². The number of nitrogens with two attached hydrogens (primary N) is 1. The Hall–Kier alpha value is -5.34. The normalized spacial score (nSPS) is 12.5. The zero-order valence-corrected chi connectivity index (χ0v) is 17.9. The predicted octanol–water partition coefficient (Wildman–Crippen LogP) is 1.69. The molecule has 176 valence electrons. The van der Waals surface area contributed by atoms with E-state index >= 15 is 0 Å². The van der Waals surface area contributed by atoms with E-state index in [9.17, 15) is 14.9 Å². The summed E-state index contributed by atoms with van der Waals surface area (Å²) in [5.74, 6) is 0.291. The lowest BCUT2D eigenvalue weighted by molar-refractivity contribution is -0.384. The Morgan fingerprint density at radius 3 is 2.80 bits per heavy atom. The first-order valence-corrected chi connectivity index (χ1v) is 9.96. The maximum absolute atomic E-state index is 13.0. The second-order valence-corrected chi connectivity index (χ2v) is 7.19. The highest BCUT2D eigenvalue weighted by molar-refractivity contribution is 6.02. The number of hydrogen-bond acceptors (Lipinski definition) is 12. The van der Waals surface area contributed by atoms with Gasteiger partial charge in [0.15, 0.2) is 17.2 Å². The summed E-state index contributed by atoms with van der Waals surface area (Å²) in [5, 5.41) is 30.4. The van der Waals surface area contributed by atoms with Crippen LogP contribution in [0.3, 0.4) is 0 Å². The number of nitrogens with one attached hydrogen (secondary N) is 1. The van der Waals surface area contributed by atoms with E-state index in [0.717, 1.165) is 4.68 Å². The van der Waals surface area contributed by atoms with Crippen molar-refractivity contribution in [3.05, 3.63) is 63.8 Å². The monoisotopic (exact) mass is 477 g/mol. The fourth-order valence-corrected chi connectivity index (χ4v) is 3.32. The number of nitrogen functional groups attached to an aromatic ring is 1. The zero-order chi connectivity index (χ0) is 24.5. The summed E-state index contributed by atoms with van der Waals surface area (Å²) in [6.45, 7) is 1.82. The van der Waals surface area contributed by atoms with Gasteiger partial charge in [0, 0.05) is 23.3 Å². The van der Waals surface area contributed by atoms with E-state index < -0.39 is 10.8 Å². The average Bonchev–Trinajstić information content (AvgIpc) is 3.60. The quantitative estimate of drug-likeness (QED) is 0.233. The van der Waals surface area contributed by atoms with Gasteiger partial charge in [0.05, 0.1) is 10.6 Å². The molecule has 0 unspecified atom stereocenters. The first-order chi connectivity index (χ1) is 16.9. The number of hydrazone groups is 1. The lowest BCUT2D eigenvalue weighted by atomic mass is 10.1. The molecular formula is C20H15N9O6. The number of ether oxygens (including phenoxy) is 2. The number of nitrogens with zero attached hydrogens (tertiary/aromatic N) is 7. The highest BCUT2D eigenvalue weighted by Gasteiger charge is 2.26. The summed E-state index contributed by atoms with van der Waals surface area (Å²) in [4.78, 5) is 23.8. The van der Waals surface area contributed by atoms with Gasteiger partial charge in [-0.05, 0) is 35.4 Å². The Bertz CT molecular complexity index is 1490. The van der Waals surface area contributed by atoms with Crippen LogP contribution in [0.2, 0.25) is 0 Å². The van der Waals surface area contributed by atoms with E-state index in [0.29, 0.717) is 22.8 Å². The minimum Gasteiger partial charge on any atom is -0.454 e. The Kier molecular flexibility index (Phi) is 5.25. The second-order valence-electron chi connectivity index (χ2n) is 7.19. The summed E-state index contributed by atoms with van der Waals surface area (Å²) in [7, 11) is 0. The molecule has 1 amide bonds. The first kappa shape index (κ1) is 21.5. The number of nitro benzene ring substituents is 1. The summed E-state index contributed by atoms with van der Waals surface area (Å²) < 4.78 is 16.4. The number of anilines is 1. The van der Waals surface area contributed by atoms with Crippen molar-refractivity contribution in [2.24, 2.45) is 5.10 Å². The molecule has 1 aliphatic heterocycles. The summed E-state index contributed by atoms with van der Waals surface area (Å²) in [5.41, 5.74) is 9.31. The zero-order valence-electron chi connectivity index (χ0n) is 17.9. The van der Waals surface area contributed by atoms with Gasteiger partial charge in [-0.1, -0.05) is 17.3 Å². The molecular weight excluding hydrogens is 462 g/mol. The molecule has 0 radical (unpaired) electrons. The van der Waals surface area contributed by atoms with E-state index in [1.54, 1.807) is 31.2 Å². The number of benzene rings is 2. The van der Waals surface area contributed by atoms with Crippen molar-refractivity contribution in [1.29, 1.82) is 0 Å². The fourth-order valence-electron chi connectivity index (χ4n) is 3.32. The Morgan fingerprint density at radius 1 is 1.20 bits per heavy atom. The molecule has 0 fully saturated rings. The van der Waals surface area contributed by atoms with Gasteiger partial charge in [-0.2, -0.15) is 9.78 Å². The Balaban J connectivity index is 1.51. The van der Waals surface area contributed by atoms with E-state index in [1.165, 1.54) is 18.2 Å². The number of carbonyl (C=O) groups excluding carboxylic acids is 1. The molecule has 4 aromatic rings. The van der Waals surface area contributed by atoms with Gasteiger partial charge >= 0.3 is 0 Å². The van der Waals surface area contributed by atoms with Crippen molar-refractivity contribution in [2.75, 3.05) is 12.5 Å². The molecule has 2 aromatic heterocycles. The Morgan fingerprint density at radius 2 is 2.03 bits per heavy atom. The molecule has 0 saturated carbocycles. The highest BCUT2D eigenvalue weighted by atomic mass is 16.7. The van der Waals surface area contributed by atoms with Crippen LogP contribution in [0.25, 0.3) is 17.1 Å². The van der Waals surface area contributed by atoms with E-state index in [2.05, 4.69) is 35.8 Å². The van der Waals surface area contributed by atoms with Crippen LogP contribution in [0.4, 0.5) is 11.5 Å². The molecule has 0 saturated heterocycles. The molecule has 2 aromatic carbocycles. The van der Waals surface area contributed by atoms with E-state index in [-0.39, 0.29) is 41.1 Å². The maximum atomic E-state index is 13.0. The minimum absolute atomic E-state index is 0.0434. The van der Waals surface area contributed by atoms with Crippen LogP contribution in [0.15, 0.2) is 52.2 Å². The number of carbonyl (C=O) groups is 1. The molecule has 3 N–H and O–H groups in total. The number of non-ortho nitro benzene ring substituents is 1. The standard InChI is InChI=1S/C20H15N9O6/c1-10(11-5-6-14-15(8-11)34-9-33-14)22-24-20(30)16-17(12-3-2-4-13(7-12)29(31)32)28(27-23-16)19-18(21)25-35-26-19/h2-8H,9H2,1H3,(H2,21,25)(H,24,30). The maximum Gasteiger partial charge on any atom is 0.294 e. The molecule has 0 spiro atoms. The van der Waals surface area contributed by atoms with Crippen molar-refractivity contribution in [3.63, 3.8) is 0 Å². The minimum atomic E-state index is -0.729. The summed E-state index contributed by atoms with van der Waals surface area (Å²) in [6, 6.07) is 10.8. The smallest absolute Gasteiger partial charge is 0.294 e. The van der Waals surface area contributed by atoms with E-state index in [1.807, 2.05) is 0 Å². The van der Waals surface area contributed by atoms with Crippen molar-refractivity contribution in [1.82, 2.24) is 30.7 Å². The number of fused-ring (bicyclic) bond motifs is 1. The van der Waals surface area contributed by atoms with Gasteiger partial charge in [-0.15, -0.1) is 5.10 Å². The van der Waals surface area contributed by atoms with Crippen molar-refractivity contribution < 1.29 is 23.8 Å². The summed E-state index contributed by atoms with van der Waals surface area (Å²) >= 11 is 0. The third-order valence-corrected chi connectivity index (χ3v) is 5.03. The molecule has 0 bridgehead atoms. The summed E-state index contributed by atoms with van der Waals surface area (Å²) in [6.07, 6.45) is 0. The van der Waals surface area contributed by atoms with Crippen LogP contribution >= 0.6 is 0 Å². The number of rotatable bonds is 6. The highest BCUT2D eigenvalue weighted by Crippen LogP contribution is 2.33. The van der Waals surface area contributed by atoms with Crippen LogP contribution in [0, 0.1) is 10.1 Å². The van der Waals surface area contributed by atoms with Crippen LogP contribution in [-0.4, -0.2) is 48.6 Å². The van der Waals surface area contributed by atoms with Gasteiger partial charge in [0.25, 0.3) is 11.6 Å². The van der Waals surface area contributed by atoms with Gasteiger partial charge in [-0.25, -0.2) is 10.1 Å². The van der Waals surface area contributed by atoms with Crippen molar-refractivity contribution in [2.45, 2.75) is 6.92 Å². The molecule has 5 rings (SSSR count). The lowest BCUT2D eigenvalue weighted by Gasteiger charge is -2.06. The number of hydrogen-bond donors (Lipinski definition) is 2. The van der Waals surface area contributed by atoms with Crippen LogP contribution in [-0.2, 0) is 0 Å². The van der Waals surface area contributed by atoms with Crippen LogP contribution < -0.4 is 20.6 Å². The largest absolute Gasteiger partial charge is 0.454 e.